The van der Waals surface area contributed by atoms with Gasteiger partial charge in [-0.3, -0.25) is 10.1 Å². The van der Waals surface area contributed by atoms with Gasteiger partial charge in [-0.25, -0.2) is 14.5 Å². The van der Waals surface area contributed by atoms with Crippen molar-refractivity contribution in [3.05, 3.63) is 39.9 Å². The predicted molar refractivity (Wildman–Crippen MR) is 133 cm³/mol. The van der Waals surface area contributed by atoms with Crippen molar-refractivity contribution in [2.24, 2.45) is 4.99 Å². The zero-order chi connectivity index (χ0) is 26.3. The zero-order valence-corrected chi connectivity index (χ0v) is 22.6. The molecule has 0 fully saturated rings. The minimum Gasteiger partial charge on any atom is -0.443 e. The van der Waals surface area contributed by atoms with Gasteiger partial charge in [-0.2, -0.15) is 4.99 Å². The van der Waals surface area contributed by atoms with Crippen LogP contribution in [0.25, 0.3) is 0 Å². The molecule has 0 aromatic heterocycles. The van der Waals surface area contributed by atoms with E-state index in [9.17, 15) is 19.7 Å². The van der Waals surface area contributed by atoms with Crippen LogP contribution in [0.2, 0.25) is 25.7 Å². The van der Waals surface area contributed by atoms with E-state index in [1.54, 1.807) is 41.5 Å². The second-order valence-electron chi connectivity index (χ2n) is 11.0. The van der Waals surface area contributed by atoms with E-state index < -0.39 is 36.4 Å². The number of rotatable bonds is 7. The molecule has 0 bridgehead atoms. The first-order valence-electron chi connectivity index (χ1n) is 11.0. The molecule has 0 spiro atoms. The number of nitro groups is 1. The van der Waals surface area contributed by atoms with Crippen molar-refractivity contribution < 1.29 is 28.7 Å². The van der Waals surface area contributed by atoms with Crippen LogP contribution in [0.5, 0.6) is 0 Å². The van der Waals surface area contributed by atoms with Gasteiger partial charge in [0.25, 0.3) is 5.69 Å². The van der Waals surface area contributed by atoms with Crippen LogP contribution in [0.3, 0.4) is 0 Å². The van der Waals surface area contributed by atoms with Gasteiger partial charge in [0.1, 0.15) is 17.9 Å². The molecule has 11 heteroatoms. The van der Waals surface area contributed by atoms with E-state index in [0.29, 0.717) is 6.61 Å². The number of aliphatic imine (C=N–C) groups is 1. The highest BCUT2D eigenvalue weighted by Gasteiger charge is 2.29. The molecule has 0 aliphatic carbocycles. The van der Waals surface area contributed by atoms with Crippen molar-refractivity contribution in [2.45, 2.75) is 78.4 Å². The van der Waals surface area contributed by atoms with Crippen molar-refractivity contribution >= 4 is 31.8 Å². The lowest BCUT2D eigenvalue weighted by atomic mass is 10.1. The Bertz CT molecular complexity index is 912. The molecule has 0 saturated heterocycles. The van der Waals surface area contributed by atoms with Gasteiger partial charge in [-0.1, -0.05) is 31.8 Å². The van der Waals surface area contributed by atoms with E-state index in [1.165, 1.54) is 24.3 Å². The van der Waals surface area contributed by atoms with Crippen LogP contribution in [0.4, 0.5) is 15.3 Å². The standard InChI is InChI=1S/C23H37N3O7Si/c1-22(2,3)32-20(27)24-19(17-11-10-12-18(15-17)26(29)30)25(21(28)33-23(4,5)6)16-31-13-14-34(7,8)9/h10-12,15H,13-14,16H2,1-9H3/b24-19+. The summed E-state index contributed by atoms with van der Waals surface area (Å²) in [7, 11) is -1.40. The van der Waals surface area contributed by atoms with Gasteiger partial charge in [0, 0.05) is 32.4 Å². The Morgan fingerprint density at radius 3 is 2.15 bits per heavy atom. The normalized spacial score (nSPS) is 12.8. The molecule has 0 unspecified atom stereocenters. The average molecular weight is 496 g/mol. The fourth-order valence-corrected chi connectivity index (χ4v) is 3.22. The summed E-state index contributed by atoms with van der Waals surface area (Å²) in [5, 5.41) is 11.3. The number of carbonyl (C=O) groups excluding carboxylic acids is 2. The average Bonchev–Trinajstić information content (AvgIpc) is 2.63. The zero-order valence-electron chi connectivity index (χ0n) is 21.6. The SMILES string of the molecule is CC(C)(C)OC(=O)/N=C(\c1cccc([N+](=O)[O-])c1)N(COCC[Si](C)(C)C)C(=O)OC(C)(C)C. The van der Waals surface area contributed by atoms with Gasteiger partial charge in [-0.05, 0) is 47.6 Å². The highest BCUT2D eigenvalue weighted by molar-refractivity contribution is 6.76. The van der Waals surface area contributed by atoms with Gasteiger partial charge >= 0.3 is 12.2 Å². The third kappa shape index (κ3) is 11.4. The van der Waals surface area contributed by atoms with Crippen molar-refractivity contribution in [1.82, 2.24) is 4.90 Å². The van der Waals surface area contributed by atoms with Gasteiger partial charge in [-0.15, -0.1) is 0 Å². The van der Waals surface area contributed by atoms with E-state index in [-0.39, 0.29) is 23.8 Å². The van der Waals surface area contributed by atoms with E-state index >= 15 is 0 Å². The largest absolute Gasteiger partial charge is 0.443 e. The smallest absolute Gasteiger partial charge is 0.436 e. The van der Waals surface area contributed by atoms with Crippen molar-refractivity contribution in [3.8, 4) is 0 Å². The first kappa shape index (κ1) is 29.2. The summed E-state index contributed by atoms with van der Waals surface area (Å²) in [5.74, 6) is -0.166. The second-order valence-corrected chi connectivity index (χ2v) is 16.6. The quantitative estimate of drug-likeness (QED) is 0.0888. The van der Waals surface area contributed by atoms with Crippen LogP contribution in [0.1, 0.15) is 47.1 Å². The number of nitrogens with zero attached hydrogens (tertiary/aromatic N) is 3. The fourth-order valence-electron chi connectivity index (χ4n) is 2.46. The molecule has 0 radical (unpaired) electrons. The molecular formula is C23H37N3O7Si. The predicted octanol–water partition coefficient (Wildman–Crippen LogP) is 5.83. The van der Waals surface area contributed by atoms with Crippen LogP contribution in [-0.2, 0) is 14.2 Å². The summed E-state index contributed by atoms with van der Waals surface area (Å²) in [5.41, 5.74) is -1.73. The molecule has 0 aliphatic rings. The molecule has 0 heterocycles. The maximum atomic E-state index is 13.1. The van der Waals surface area contributed by atoms with E-state index in [4.69, 9.17) is 14.2 Å². The molecule has 10 nitrogen and oxygen atoms in total. The van der Waals surface area contributed by atoms with Crippen molar-refractivity contribution in [3.63, 3.8) is 0 Å². The Morgan fingerprint density at radius 1 is 1.06 bits per heavy atom. The number of non-ortho nitro benzene ring substituents is 1. The summed E-state index contributed by atoms with van der Waals surface area (Å²) in [4.78, 5) is 41.5. The van der Waals surface area contributed by atoms with Gasteiger partial charge in [0.15, 0.2) is 5.84 Å². The summed E-state index contributed by atoms with van der Waals surface area (Å²) in [6.45, 7) is 16.9. The van der Waals surface area contributed by atoms with Gasteiger partial charge < -0.3 is 14.2 Å². The molecule has 1 rings (SSSR count). The van der Waals surface area contributed by atoms with Crippen LogP contribution in [-0.4, -0.2) is 60.5 Å². The minimum atomic E-state index is -1.40. The lowest BCUT2D eigenvalue weighted by Gasteiger charge is -2.28. The number of hydrogen-bond donors (Lipinski definition) is 0. The summed E-state index contributed by atoms with van der Waals surface area (Å²) < 4.78 is 16.6. The summed E-state index contributed by atoms with van der Waals surface area (Å²) in [6, 6.07) is 6.33. The number of nitro benzene ring substituents is 1. The molecule has 2 amide bonds. The van der Waals surface area contributed by atoms with Gasteiger partial charge in [0.2, 0.25) is 0 Å². The Hall–Kier alpha value is -2.79. The lowest BCUT2D eigenvalue weighted by Crippen LogP contribution is -2.43. The molecule has 0 atom stereocenters. The topological polar surface area (TPSA) is 121 Å². The van der Waals surface area contributed by atoms with E-state index in [0.717, 1.165) is 10.9 Å². The third-order valence-electron chi connectivity index (χ3n) is 3.99. The minimum absolute atomic E-state index is 0.166. The summed E-state index contributed by atoms with van der Waals surface area (Å²) in [6.07, 6.45) is -1.76. The first-order valence-corrected chi connectivity index (χ1v) is 14.7. The van der Waals surface area contributed by atoms with Crippen LogP contribution >= 0.6 is 0 Å². The molecule has 0 N–H and O–H groups in total. The highest BCUT2D eigenvalue weighted by atomic mass is 28.3. The number of amides is 2. The maximum absolute atomic E-state index is 13.1. The van der Waals surface area contributed by atoms with Gasteiger partial charge in [0.05, 0.1) is 4.92 Å². The number of benzene rings is 1. The lowest BCUT2D eigenvalue weighted by molar-refractivity contribution is -0.384. The number of hydrogen-bond acceptors (Lipinski definition) is 7. The molecule has 1 aromatic carbocycles. The maximum Gasteiger partial charge on any atom is 0.436 e. The van der Waals surface area contributed by atoms with Crippen LogP contribution < -0.4 is 0 Å². The fraction of sp³-hybridized carbons (Fsp3) is 0.609. The first-order chi connectivity index (χ1) is 15.4. The molecule has 0 aliphatic heterocycles. The summed E-state index contributed by atoms with van der Waals surface area (Å²) >= 11 is 0. The second kappa shape index (κ2) is 11.6. The molecule has 190 valence electrons. The molecule has 1 aromatic rings. The molecule has 0 saturated carbocycles. The molecular weight excluding hydrogens is 458 g/mol. The Balaban J connectivity index is 3.49. The van der Waals surface area contributed by atoms with Crippen LogP contribution in [0, 0.1) is 10.1 Å². The third-order valence-corrected chi connectivity index (χ3v) is 5.70. The number of carbonyl (C=O) groups is 2. The van der Waals surface area contributed by atoms with Crippen LogP contribution in [0.15, 0.2) is 29.3 Å². The van der Waals surface area contributed by atoms with Crippen molar-refractivity contribution in [2.75, 3.05) is 13.3 Å². The monoisotopic (exact) mass is 495 g/mol. The van der Waals surface area contributed by atoms with Crippen molar-refractivity contribution in [1.29, 1.82) is 0 Å². The number of amidine groups is 1. The highest BCUT2D eigenvalue weighted by Crippen LogP contribution is 2.19. The number of ether oxygens (including phenoxy) is 3. The Labute approximate surface area is 202 Å². The van der Waals surface area contributed by atoms with E-state index in [2.05, 4.69) is 24.6 Å². The Morgan fingerprint density at radius 2 is 1.65 bits per heavy atom. The Kier molecular flexibility index (Phi) is 9.94. The van der Waals surface area contributed by atoms with E-state index in [1.807, 2.05) is 0 Å². The molecule has 34 heavy (non-hydrogen) atoms.